The molecule has 2 amide bonds. The molecule has 1 atom stereocenters. The van der Waals surface area contributed by atoms with Gasteiger partial charge in [-0.1, -0.05) is 0 Å². The molecule has 0 bridgehead atoms. The largest absolute Gasteiger partial charge is 0.322 e. The summed E-state index contributed by atoms with van der Waals surface area (Å²) in [6.07, 6.45) is 3.90. The lowest BCUT2D eigenvalue weighted by molar-refractivity contribution is 0.0682. The second kappa shape index (κ2) is 9.57. The molecule has 3 aliphatic rings. The highest BCUT2D eigenvalue weighted by molar-refractivity contribution is 5.74. The lowest BCUT2D eigenvalue weighted by Crippen LogP contribution is -2.58. The summed E-state index contributed by atoms with van der Waals surface area (Å²) in [7, 11) is 0. The van der Waals surface area contributed by atoms with Gasteiger partial charge in [0.1, 0.15) is 0 Å². The second-order valence-corrected chi connectivity index (χ2v) is 9.14. The van der Waals surface area contributed by atoms with E-state index in [0.717, 1.165) is 52.4 Å². The van der Waals surface area contributed by atoms with Crippen molar-refractivity contribution in [3.05, 3.63) is 0 Å². The fraction of sp³-hybridized carbons (Fsp3) is 0.952. The zero-order valence-corrected chi connectivity index (χ0v) is 18.1. The van der Waals surface area contributed by atoms with Crippen molar-refractivity contribution in [1.29, 1.82) is 0 Å². The van der Waals surface area contributed by atoms with Crippen LogP contribution in [0.15, 0.2) is 0 Å². The average Bonchev–Trinajstić information content (AvgIpc) is 2.94. The van der Waals surface area contributed by atoms with Crippen LogP contribution in [0.5, 0.6) is 0 Å². The minimum Gasteiger partial charge on any atom is -0.322 e. The van der Waals surface area contributed by atoms with Gasteiger partial charge in [0.05, 0.1) is 0 Å². The van der Waals surface area contributed by atoms with E-state index < -0.39 is 0 Å². The third-order valence-electron chi connectivity index (χ3n) is 6.88. The number of hydrogen-bond donors (Lipinski definition) is 0. The smallest absolute Gasteiger partial charge is 0.320 e. The number of nitrogens with zero attached hydrogens (tertiary/aromatic N) is 5. The minimum absolute atomic E-state index is 0.268. The number of carbonyl (C=O) groups excluding carboxylic acids is 1. The van der Waals surface area contributed by atoms with Crippen LogP contribution in [-0.4, -0.2) is 114 Å². The van der Waals surface area contributed by atoms with Crippen LogP contribution in [0.25, 0.3) is 0 Å². The fourth-order valence-electron chi connectivity index (χ4n) is 4.89. The van der Waals surface area contributed by atoms with E-state index in [1.807, 2.05) is 0 Å². The van der Waals surface area contributed by atoms with E-state index in [1.54, 1.807) is 0 Å². The molecule has 0 spiro atoms. The first-order valence-electron chi connectivity index (χ1n) is 11.2. The van der Waals surface area contributed by atoms with Gasteiger partial charge in [-0.05, 0) is 60.0 Å². The Kier molecular flexibility index (Phi) is 7.40. The maximum atomic E-state index is 12.9. The molecule has 3 rings (SSSR count). The summed E-state index contributed by atoms with van der Waals surface area (Å²) in [4.78, 5) is 24.8. The van der Waals surface area contributed by atoms with E-state index in [4.69, 9.17) is 0 Å². The van der Waals surface area contributed by atoms with Gasteiger partial charge in [-0.3, -0.25) is 9.80 Å². The summed E-state index contributed by atoms with van der Waals surface area (Å²) in [5.74, 6) is 0. The van der Waals surface area contributed by atoms with Crippen molar-refractivity contribution in [3.8, 4) is 0 Å². The van der Waals surface area contributed by atoms with Crippen molar-refractivity contribution in [3.63, 3.8) is 0 Å². The molecule has 3 heterocycles. The van der Waals surface area contributed by atoms with Crippen molar-refractivity contribution in [2.24, 2.45) is 0 Å². The van der Waals surface area contributed by atoms with E-state index in [9.17, 15) is 4.79 Å². The molecule has 0 aromatic heterocycles. The van der Waals surface area contributed by atoms with Gasteiger partial charge in [0.2, 0.25) is 0 Å². The SMILES string of the molecule is CC(C)N1CCCC(N2CCN(C(=O)N3CCN(C(C)C)CC3)CC2)CC1. The topological polar surface area (TPSA) is 33.3 Å². The van der Waals surface area contributed by atoms with E-state index in [1.165, 1.54) is 32.4 Å². The molecule has 3 aliphatic heterocycles. The first-order chi connectivity index (χ1) is 13.0. The van der Waals surface area contributed by atoms with Crippen molar-refractivity contribution in [2.75, 3.05) is 65.4 Å². The molecule has 0 saturated carbocycles. The Morgan fingerprint density at radius 1 is 0.667 bits per heavy atom. The van der Waals surface area contributed by atoms with Crippen molar-refractivity contribution >= 4 is 6.03 Å². The predicted octanol–water partition coefficient (Wildman–Crippen LogP) is 2.01. The van der Waals surface area contributed by atoms with Gasteiger partial charge in [-0.2, -0.15) is 0 Å². The summed E-state index contributed by atoms with van der Waals surface area (Å²) in [6, 6.07) is 2.22. The maximum Gasteiger partial charge on any atom is 0.320 e. The van der Waals surface area contributed by atoms with E-state index in [0.29, 0.717) is 18.1 Å². The zero-order chi connectivity index (χ0) is 19.4. The number of rotatable bonds is 3. The Hall–Kier alpha value is -0.850. The van der Waals surface area contributed by atoms with Gasteiger partial charge in [0.15, 0.2) is 0 Å². The maximum absolute atomic E-state index is 12.9. The number of carbonyl (C=O) groups is 1. The molecule has 156 valence electrons. The average molecular weight is 380 g/mol. The van der Waals surface area contributed by atoms with Crippen LogP contribution in [0.4, 0.5) is 4.79 Å². The normalized spacial score (nSPS) is 27.4. The molecule has 0 aromatic rings. The fourth-order valence-corrected chi connectivity index (χ4v) is 4.89. The number of likely N-dealkylation sites (tertiary alicyclic amines) is 1. The molecular weight excluding hydrogens is 338 g/mol. The molecule has 0 radical (unpaired) electrons. The van der Waals surface area contributed by atoms with Crippen LogP contribution < -0.4 is 0 Å². The molecule has 3 fully saturated rings. The summed E-state index contributed by atoms with van der Waals surface area (Å²) < 4.78 is 0. The van der Waals surface area contributed by atoms with Crippen LogP contribution in [-0.2, 0) is 0 Å². The van der Waals surface area contributed by atoms with Gasteiger partial charge >= 0.3 is 6.03 Å². The highest BCUT2D eigenvalue weighted by atomic mass is 16.2. The van der Waals surface area contributed by atoms with E-state index in [-0.39, 0.29) is 6.03 Å². The molecule has 6 heteroatoms. The van der Waals surface area contributed by atoms with Gasteiger partial charge in [-0.25, -0.2) is 4.79 Å². The lowest BCUT2D eigenvalue weighted by atomic mass is 10.1. The van der Waals surface area contributed by atoms with Crippen molar-refractivity contribution < 1.29 is 4.79 Å². The first-order valence-corrected chi connectivity index (χ1v) is 11.2. The predicted molar refractivity (Wildman–Crippen MR) is 111 cm³/mol. The molecule has 0 aromatic carbocycles. The Morgan fingerprint density at radius 2 is 1.19 bits per heavy atom. The monoisotopic (exact) mass is 379 g/mol. The van der Waals surface area contributed by atoms with Crippen molar-refractivity contribution in [2.45, 2.75) is 65.1 Å². The Labute approximate surface area is 166 Å². The van der Waals surface area contributed by atoms with E-state index in [2.05, 4.69) is 52.2 Å². The van der Waals surface area contributed by atoms with Gasteiger partial charge < -0.3 is 14.7 Å². The Morgan fingerprint density at radius 3 is 1.74 bits per heavy atom. The summed E-state index contributed by atoms with van der Waals surface area (Å²) in [6.45, 7) is 19.2. The van der Waals surface area contributed by atoms with E-state index >= 15 is 0 Å². The van der Waals surface area contributed by atoms with Crippen LogP contribution in [0.1, 0.15) is 47.0 Å². The quantitative estimate of drug-likeness (QED) is 0.751. The number of hydrogen-bond acceptors (Lipinski definition) is 4. The molecule has 0 N–H and O–H groups in total. The number of piperazine rings is 2. The van der Waals surface area contributed by atoms with Crippen LogP contribution in [0.3, 0.4) is 0 Å². The van der Waals surface area contributed by atoms with Crippen LogP contribution in [0.2, 0.25) is 0 Å². The highest BCUT2D eigenvalue weighted by Gasteiger charge is 2.31. The highest BCUT2D eigenvalue weighted by Crippen LogP contribution is 2.20. The first kappa shape index (κ1) is 20.9. The lowest BCUT2D eigenvalue weighted by Gasteiger charge is -2.43. The van der Waals surface area contributed by atoms with Crippen LogP contribution in [0, 0.1) is 0 Å². The summed E-state index contributed by atoms with van der Waals surface area (Å²) >= 11 is 0. The number of urea groups is 1. The summed E-state index contributed by atoms with van der Waals surface area (Å²) in [5.41, 5.74) is 0. The van der Waals surface area contributed by atoms with Gasteiger partial charge in [0.25, 0.3) is 0 Å². The minimum atomic E-state index is 0.268. The molecule has 6 nitrogen and oxygen atoms in total. The molecule has 0 aliphatic carbocycles. The van der Waals surface area contributed by atoms with Crippen molar-refractivity contribution in [1.82, 2.24) is 24.5 Å². The second-order valence-electron chi connectivity index (χ2n) is 9.14. The molecule has 3 saturated heterocycles. The number of amides is 2. The Balaban J connectivity index is 1.43. The van der Waals surface area contributed by atoms with Gasteiger partial charge in [0, 0.05) is 70.5 Å². The van der Waals surface area contributed by atoms with Crippen LogP contribution >= 0.6 is 0 Å². The van der Waals surface area contributed by atoms with Gasteiger partial charge in [-0.15, -0.1) is 0 Å². The summed E-state index contributed by atoms with van der Waals surface area (Å²) in [5, 5.41) is 0. The third-order valence-corrected chi connectivity index (χ3v) is 6.88. The molecular formula is C21H41N5O. The standard InChI is InChI=1S/C21H41N5O/c1-18(2)22-8-5-6-20(7-9-22)24-12-16-26(17-13-24)21(27)25-14-10-23(11-15-25)19(3)4/h18-20H,5-17H2,1-4H3. The molecule has 27 heavy (non-hydrogen) atoms. The molecule has 1 unspecified atom stereocenters. The third kappa shape index (κ3) is 5.36. The Bertz CT molecular complexity index is 467. The zero-order valence-electron chi connectivity index (χ0n) is 18.1.